The first-order valence-electron chi connectivity index (χ1n) is 13.2. The largest absolute Gasteiger partial charge is 0.393 e. The summed E-state index contributed by atoms with van der Waals surface area (Å²) in [6.45, 7) is 18.3. The molecule has 0 aromatic rings. The molecule has 172 valence electrons. The monoisotopic (exact) mass is 415 g/mol. The lowest BCUT2D eigenvalue weighted by molar-refractivity contribution is -0.0921. The molecule has 0 bridgehead atoms. The summed E-state index contributed by atoms with van der Waals surface area (Å²) in [5, 5.41) is 14.8. The van der Waals surface area contributed by atoms with Crippen molar-refractivity contribution in [3.63, 3.8) is 0 Å². The summed E-state index contributed by atoms with van der Waals surface area (Å²) in [5.74, 6) is 3.10. The van der Waals surface area contributed by atoms with E-state index < -0.39 is 0 Å². The lowest BCUT2D eigenvalue weighted by Gasteiger charge is -2.59. The van der Waals surface area contributed by atoms with Crippen LogP contribution in [0, 0.1) is 39.9 Å². The number of aliphatic hydroxyl groups is 1. The highest BCUT2D eigenvalue weighted by Crippen LogP contribution is 2.64. The van der Waals surface area contributed by atoms with Crippen molar-refractivity contribution >= 4 is 0 Å². The first-order valence-corrected chi connectivity index (χ1v) is 13.2. The minimum atomic E-state index is -0.132. The van der Waals surface area contributed by atoms with E-state index in [-0.39, 0.29) is 11.5 Å². The predicted octanol–water partition coefficient (Wildman–Crippen LogP) is 6.73. The second-order valence-corrected chi connectivity index (χ2v) is 13.1. The van der Waals surface area contributed by atoms with Crippen LogP contribution in [-0.4, -0.2) is 23.8 Å². The molecular formula is C28H49NO. The molecule has 0 amide bonds. The Morgan fingerprint density at radius 1 is 1.00 bits per heavy atom. The summed E-state index contributed by atoms with van der Waals surface area (Å²) in [5.41, 5.74) is 4.39. The molecule has 2 heteroatoms. The van der Waals surface area contributed by atoms with Crippen molar-refractivity contribution in [1.82, 2.24) is 5.32 Å². The van der Waals surface area contributed by atoms with E-state index in [1.54, 1.807) is 5.57 Å². The van der Waals surface area contributed by atoms with E-state index in [0.717, 1.165) is 24.2 Å². The zero-order valence-corrected chi connectivity index (χ0v) is 21.0. The van der Waals surface area contributed by atoms with Crippen LogP contribution in [0.1, 0.15) is 106 Å². The third-order valence-corrected chi connectivity index (χ3v) is 10.7. The zero-order valence-electron chi connectivity index (χ0n) is 21.0. The van der Waals surface area contributed by atoms with E-state index in [4.69, 9.17) is 0 Å². The quantitative estimate of drug-likeness (QED) is 0.488. The second-order valence-electron chi connectivity index (χ2n) is 13.1. The molecule has 1 saturated carbocycles. The van der Waals surface area contributed by atoms with Gasteiger partial charge in [-0.25, -0.2) is 0 Å². The molecule has 0 spiro atoms. The van der Waals surface area contributed by atoms with Gasteiger partial charge in [0.05, 0.1) is 6.10 Å². The molecule has 2 fully saturated rings. The summed E-state index contributed by atoms with van der Waals surface area (Å²) in [4.78, 5) is 0. The predicted molar refractivity (Wildman–Crippen MR) is 127 cm³/mol. The van der Waals surface area contributed by atoms with Crippen LogP contribution < -0.4 is 5.32 Å². The van der Waals surface area contributed by atoms with Crippen molar-refractivity contribution in [2.75, 3.05) is 6.54 Å². The molecule has 0 aromatic heterocycles. The molecule has 2 N–H and O–H groups in total. The van der Waals surface area contributed by atoms with Crippen LogP contribution in [0.3, 0.4) is 0 Å². The van der Waals surface area contributed by atoms with Crippen molar-refractivity contribution in [2.45, 2.75) is 118 Å². The number of hydrogen-bond donors (Lipinski definition) is 2. The second kappa shape index (κ2) is 7.91. The highest BCUT2D eigenvalue weighted by Gasteiger charge is 2.59. The lowest BCUT2D eigenvalue weighted by Crippen LogP contribution is -2.55. The third kappa shape index (κ3) is 3.43. The van der Waals surface area contributed by atoms with E-state index in [2.05, 4.69) is 53.8 Å². The Labute approximate surface area is 186 Å². The van der Waals surface area contributed by atoms with E-state index in [0.29, 0.717) is 22.8 Å². The highest BCUT2D eigenvalue weighted by atomic mass is 16.3. The van der Waals surface area contributed by atoms with Gasteiger partial charge in [-0.2, -0.15) is 0 Å². The molecule has 1 heterocycles. The van der Waals surface area contributed by atoms with Crippen LogP contribution in [-0.2, 0) is 0 Å². The smallest absolute Gasteiger partial charge is 0.0594 e. The van der Waals surface area contributed by atoms with E-state index in [9.17, 15) is 5.11 Å². The topological polar surface area (TPSA) is 32.3 Å². The van der Waals surface area contributed by atoms with Crippen LogP contribution >= 0.6 is 0 Å². The molecular weight excluding hydrogens is 366 g/mol. The first kappa shape index (κ1) is 22.8. The Kier molecular flexibility index (Phi) is 6.02. The normalized spacial score (nSPS) is 43.9. The summed E-state index contributed by atoms with van der Waals surface area (Å²) >= 11 is 0. The molecule has 0 unspecified atom stereocenters. The lowest BCUT2D eigenvalue weighted by atomic mass is 9.46. The van der Waals surface area contributed by atoms with Crippen molar-refractivity contribution in [3.05, 3.63) is 11.1 Å². The van der Waals surface area contributed by atoms with Gasteiger partial charge in [-0.15, -0.1) is 0 Å². The fourth-order valence-electron chi connectivity index (χ4n) is 8.74. The molecule has 0 radical (unpaired) electrons. The minimum absolute atomic E-state index is 0.0445. The molecule has 3 aliphatic carbocycles. The van der Waals surface area contributed by atoms with Crippen molar-refractivity contribution in [2.24, 2.45) is 39.9 Å². The van der Waals surface area contributed by atoms with Crippen LogP contribution in [0.15, 0.2) is 11.1 Å². The minimum Gasteiger partial charge on any atom is -0.393 e. The SMILES string of the molecule is CC(C)CCC[C@@H](C)[C@H]1CN[C@H]2C3=C(CC[C@]12C)[C@@]1(C)CC[C@H](O)C(C)(C)[C@@H]1CC3. The Balaban J connectivity index is 1.57. The average Bonchev–Trinajstić information content (AvgIpc) is 3.02. The fraction of sp³-hybridized carbons (Fsp3) is 0.929. The van der Waals surface area contributed by atoms with Gasteiger partial charge >= 0.3 is 0 Å². The van der Waals surface area contributed by atoms with Gasteiger partial charge < -0.3 is 10.4 Å². The number of aliphatic hydroxyl groups excluding tert-OH is 1. The molecule has 1 aliphatic heterocycles. The van der Waals surface area contributed by atoms with Gasteiger partial charge in [-0.05, 0) is 85.0 Å². The van der Waals surface area contributed by atoms with Gasteiger partial charge in [-0.1, -0.05) is 78.9 Å². The number of allylic oxidation sites excluding steroid dienone is 1. The average molecular weight is 416 g/mol. The fourth-order valence-corrected chi connectivity index (χ4v) is 8.74. The maximum Gasteiger partial charge on any atom is 0.0594 e. The van der Waals surface area contributed by atoms with Crippen LogP contribution in [0.25, 0.3) is 0 Å². The van der Waals surface area contributed by atoms with Gasteiger partial charge in [0, 0.05) is 6.04 Å². The maximum atomic E-state index is 10.8. The molecule has 1 saturated heterocycles. The Morgan fingerprint density at radius 3 is 2.43 bits per heavy atom. The van der Waals surface area contributed by atoms with Gasteiger partial charge in [0.2, 0.25) is 0 Å². The highest BCUT2D eigenvalue weighted by molar-refractivity contribution is 5.37. The van der Waals surface area contributed by atoms with E-state index in [1.807, 2.05) is 5.57 Å². The molecule has 4 aliphatic rings. The number of rotatable bonds is 5. The van der Waals surface area contributed by atoms with E-state index >= 15 is 0 Å². The molecule has 30 heavy (non-hydrogen) atoms. The first-order chi connectivity index (χ1) is 14.0. The van der Waals surface area contributed by atoms with Gasteiger partial charge in [0.15, 0.2) is 0 Å². The van der Waals surface area contributed by atoms with Gasteiger partial charge in [0.1, 0.15) is 0 Å². The molecule has 7 atom stereocenters. The summed E-state index contributed by atoms with van der Waals surface area (Å²) in [6.07, 6.45) is 11.4. The van der Waals surface area contributed by atoms with Crippen molar-refractivity contribution in [3.8, 4) is 0 Å². The van der Waals surface area contributed by atoms with Crippen molar-refractivity contribution < 1.29 is 5.11 Å². The van der Waals surface area contributed by atoms with E-state index in [1.165, 1.54) is 57.9 Å². The number of nitrogens with one attached hydrogen (secondary N) is 1. The van der Waals surface area contributed by atoms with Crippen LogP contribution in [0.5, 0.6) is 0 Å². The van der Waals surface area contributed by atoms with Crippen LogP contribution in [0.2, 0.25) is 0 Å². The zero-order chi connectivity index (χ0) is 21.9. The van der Waals surface area contributed by atoms with Crippen LogP contribution in [0.4, 0.5) is 0 Å². The Morgan fingerprint density at radius 2 is 1.73 bits per heavy atom. The molecule has 0 aromatic carbocycles. The molecule has 2 nitrogen and oxygen atoms in total. The van der Waals surface area contributed by atoms with Crippen molar-refractivity contribution in [1.29, 1.82) is 0 Å². The summed E-state index contributed by atoms with van der Waals surface area (Å²) in [6, 6.07) is 0.603. The number of fused-ring (bicyclic) bond motifs is 4. The molecule has 4 rings (SSSR count). The van der Waals surface area contributed by atoms with Gasteiger partial charge in [-0.3, -0.25) is 0 Å². The maximum absolute atomic E-state index is 10.8. The number of hydrogen-bond acceptors (Lipinski definition) is 2. The van der Waals surface area contributed by atoms with Gasteiger partial charge in [0.25, 0.3) is 0 Å². The third-order valence-electron chi connectivity index (χ3n) is 10.7. The summed E-state index contributed by atoms with van der Waals surface area (Å²) in [7, 11) is 0. The standard InChI is InChI=1S/C28H49NO/c1-18(2)9-8-10-19(3)22-17-29-25-20-11-12-23-26(4,5)24(30)14-16-27(23,6)21(20)13-15-28(22,25)7/h18-19,22-25,29-30H,8-17H2,1-7H3/t19-,22-,23+,24+,25+,27-,28-/m1/s1. The Bertz CT molecular complexity index is 678. The Hall–Kier alpha value is -0.340. The summed E-state index contributed by atoms with van der Waals surface area (Å²) < 4.78 is 0.